The Morgan fingerprint density at radius 2 is 1.83 bits per heavy atom. The number of nitrogens with zero attached hydrogens (tertiary/aromatic N) is 2. The Morgan fingerprint density at radius 1 is 1.07 bits per heavy atom. The number of amides is 1. The number of anilines is 1. The van der Waals surface area contributed by atoms with Crippen molar-refractivity contribution in [2.45, 2.75) is 20.4 Å². The van der Waals surface area contributed by atoms with Crippen molar-refractivity contribution in [2.75, 3.05) is 31.6 Å². The molecule has 7 nitrogen and oxygen atoms in total. The van der Waals surface area contributed by atoms with Crippen molar-refractivity contribution in [1.29, 1.82) is 0 Å². The smallest absolute Gasteiger partial charge is 0.291 e. The molecule has 0 fully saturated rings. The van der Waals surface area contributed by atoms with Crippen molar-refractivity contribution in [3.8, 4) is 5.75 Å². The topological polar surface area (TPSA) is 76.7 Å². The van der Waals surface area contributed by atoms with E-state index in [1.807, 2.05) is 18.2 Å². The zero-order valence-electron chi connectivity index (χ0n) is 17.3. The number of hydrogen-bond donors (Lipinski definition) is 1. The average molecular weight is 409 g/mol. The maximum atomic E-state index is 12.6. The van der Waals surface area contributed by atoms with E-state index in [1.54, 1.807) is 36.5 Å². The van der Waals surface area contributed by atoms with Crippen LogP contribution in [0.3, 0.4) is 0 Å². The van der Waals surface area contributed by atoms with Crippen LogP contribution in [0.1, 0.15) is 30.2 Å². The van der Waals surface area contributed by atoms with Gasteiger partial charge in [0.05, 0.1) is 12.2 Å². The fourth-order valence-corrected chi connectivity index (χ4v) is 3.05. The summed E-state index contributed by atoms with van der Waals surface area (Å²) in [7, 11) is 0. The molecular formula is C23H27N3O4. The Labute approximate surface area is 175 Å². The standard InChI is InChI=1S/C23H27N3O4/c1-3-25(4-2)15-16-29-20-10-6-5-9-19(20)24-23(28)21-13-12-18(30-21)17-26-14-8-7-11-22(26)27/h5-14H,3-4,15-17H2,1-2H3,(H,24,28). The average Bonchev–Trinajstić information content (AvgIpc) is 3.23. The highest BCUT2D eigenvalue weighted by molar-refractivity contribution is 6.03. The third-order valence-electron chi connectivity index (χ3n) is 4.81. The number of pyridine rings is 1. The molecule has 1 aromatic carbocycles. The van der Waals surface area contributed by atoms with Crippen molar-refractivity contribution >= 4 is 11.6 Å². The van der Waals surface area contributed by atoms with Crippen LogP contribution in [0, 0.1) is 0 Å². The highest BCUT2D eigenvalue weighted by Crippen LogP contribution is 2.24. The minimum absolute atomic E-state index is 0.129. The SMILES string of the molecule is CCN(CC)CCOc1ccccc1NC(=O)c1ccc(Cn2ccccc2=O)o1. The molecule has 0 spiro atoms. The molecule has 0 aliphatic carbocycles. The van der Waals surface area contributed by atoms with Crippen LogP contribution in [0.25, 0.3) is 0 Å². The summed E-state index contributed by atoms with van der Waals surface area (Å²) >= 11 is 0. The van der Waals surface area contributed by atoms with Gasteiger partial charge in [-0.05, 0) is 43.4 Å². The lowest BCUT2D eigenvalue weighted by Gasteiger charge is -2.19. The first-order valence-electron chi connectivity index (χ1n) is 10.1. The number of furan rings is 1. The number of benzene rings is 1. The monoisotopic (exact) mass is 409 g/mol. The molecule has 2 heterocycles. The minimum Gasteiger partial charge on any atom is -0.490 e. The van der Waals surface area contributed by atoms with Gasteiger partial charge in [-0.1, -0.05) is 32.0 Å². The molecule has 3 rings (SSSR count). The Balaban J connectivity index is 1.63. The number of nitrogens with one attached hydrogen (secondary N) is 1. The van der Waals surface area contributed by atoms with Gasteiger partial charge in [-0.3, -0.25) is 9.59 Å². The number of rotatable bonds is 10. The molecule has 0 bridgehead atoms. The lowest BCUT2D eigenvalue weighted by Crippen LogP contribution is -2.28. The molecular weight excluding hydrogens is 382 g/mol. The van der Waals surface area contributed by atoms with Gasteiger partial charge in [0.1, 0.15) is 18.1 Å². The Morgan fingerprint density at radius 3 is 2.60 bits per heavy atom. The molecule has 1 N–H and O–H groups in total. The lowest BCUT2D eigenvalue weighted by molar-refractivity contribution is 0.0994. The van der Waals surface area contributed by atoms with E-state index in [0.29, 0.717) is 23.8 Å². The zero-order valence-corrected chi connectivity index (χ0v) is 17.3. The molecule has 0 atom stereocenters. The maximum absolute atomic E-state index is 12.6. The summed E-state index contributed by atoms with van der Waals surface area (Å²) in [5, 5.41) is 2.84. The van der Waals surface area contributed by atoms with Gasteiger partial charge in [0.25, 0.3) is 11.5 Å². The first-order chi connectivity index (χ1) is 14.6. The van der Waals surface area contributed by atoms with Crippen LogP contribution < -0.4 is 15.6 Å². The number of carbonyl (C=O) groups excluding carboxylic acids is 1. The number of ether oxygens (including phenoxy) is 1. The number of para-hydroxylation sites is 2. The third-order valence-corrected chi connectivity index (χ3v) is 4.81. The van der Waals surface area contributed by atoms with Crippen molar-refractivity contribution < 1.29 is 13.9 Å². The summed E-state index contributed by atoms with van der Waals surface area (Å²) < 4.78 is 13.0. The van der Waals surface area contributed by atoms with Gasteiger partial charge >= 0.3 is 0 Å². The number of aromatic nitrogens is 1. The van der Waals surface area contributed by atoms with Crippen molar-refractivity contribution in [2.24, 2.45) is 0 Å². The van der Waals surface area contributed by atoms with E-state index in [2.05, 4.69) is 24.1 Å². The number of carbonyl (C=O) groups is 1. The van der Waals surface area contributed by atoms with Crippen LogP contribution >= 0.6 is 0 Å². The summed E-state index contributed by atoms with van der Waals surface area (Å²) in [6.45, 7) is 7.77. The van der Waals surface area contributed by atoms with Gasteiger partial charge in [-0.2, -0.15) is 0 Å². The second kappa shape index (κ2) is 10.5. The van der Waals surface area contributed by atoms with Crippen molar-refractivity contribution in [3.63, 3.8) is 0 Å². The third kappa shape index (κ3) is 5.61. The molecule has 3 aromatic rings. The molecule has 30 heavy (non-hydrogen) atoms. The van der Waals surface area contributed by atoms with Crippen LogP contribution in [-0.2, 0) is 6.54 Å². The summed E-state index contributed by atoms with van der Waals surface area (Å²) in [4.78, 5) is 26.7. The van der Waals surface area contributed by atoms with E-state index in [4.69, 9.17) is 9.15 Å². The molecule has 0 saturated heterocycles. The first-order valence-corrected chi connectivity index (χ1v) is 10.1. The second-order valence-corrected chi connectivity index (χ2v) is 6.76. The van der Waals surface area contributed by atoms with E-state index in [0.717, 1.165) is 19.6 Å². The zero-order chi connectivity index (χ0) is 21.3. The molecule has 0 saturated carbocycles. The lowest BCUT2D eigenvalue weighted by atomic mass is 10.3. The molecule has 158 valence electrons. The highest BCUT2D eigenvalue weighted by atomic mass is 16.5. The number of hydrogen-bond acceptors (Lipinski definition) is 5. The van der Waals surface area contributed by atoms with E-state index in [9.17, 15) is 9.59 Å². The van der Waals surface area contributed by atoms with Crippen LogP contribution in [0.15, 0.2) is 70.0 Å². The molecule has 1 amide bonds. The van der Waals surface area contributed by atoms with Gasteiger partial charge in [-0.25, -0.2) is 0 Å². The fraction of sp³-hybridized carbons (Fsp3) is 0.304. The van der Waals surface area contributed by atoms with Crippen molar-refractivity contribution in [3.05, 3.63) is 82.7 Å². The van der Waals surface area contributed by atoms with E-state index < -0.39 is 0 Å². The second-order valence-electron chi connectivity index (χ2n) is 6.76. The molecule has 2 aromatic heterocycles. The fourth-order valence-electron chi connectivity index (χ4n) is 3.05. The number of likely N-dealkylation sites (N-methyl/N-ethyl adjacent to an activating group) is 1. The minimum atomic E-state index is -0.374. The molecule has 0 aliphatic heterocycles. The molecule has 7 heteroatoms. The Kier molecular flexibility index (Phi) is 7.45. The Bertz CT molecular complexity index is 1020. The van der Waals surface area contributed by atoms with Crippen molar-refractivity contribution in [1.82, 2.24) is 9.47 Å². The van der Waals surface area contributed by atoms with Crippen LogP contribution in [0.2, 0.25) is 0 Å². The largest absolute Gasteiger partial charge is 0.490 e. The molecule has 0 unspecified atom stereocenters. The van der Waals surface area contributed by atoms with Crippen LogP contribution in [0.4, 0.5) is 5.69 Å². The van der Waals surface area contributed by atoms with E-state index in [-0.39, 0.29) is 23.8 Å². The van der Waals surface area contributed by atoms with E-state index in [1.165, 1.54) is 10.6 Å². The Hall–Kier alpha value is -3.32. The van der Waals surface area contributed by atoms with Crippen LogP contribution in [-0.4, -0.2) is 41.6 Å². The van der Waals surface area contributed by atoms with Gasteiger partial charge in [-0.15, -0.1) is 0 Å². The van der Waals surface area contributed by atoms with Gasteiger partial charge in [0.2, 0.25) is 0 Å². The van der Waals surface area contributed by atoms with Gasteiger partial charge < -0.3 is 23.9 Å². The summed E-state index contributed by atoms with van der Waals surface area (Å²) in [6, 6.07) is 15.5. The highest BCUT2D eigenvalue weighted by Gasteiger charge is 2.14. The molecule has 0 aliphatic rings. The maximum Gasteiger partial charge on any atom is 0.291 e. The van der Waals surface area contributed by atoms with Gasteiger partial charge in [0.15, 0.2) is 5.76 Å². The summed E-state index contributed by atoms with van der Waals surface area (Å²) in [6.07, 6.45) is 1.68. The normalized spacial score (nSPS) is 10.9. The van der Waals surface area contributed by atoms with Crippen LogP contribution in [0.5, 0.6) is 5.75 Å². The molecule has 0 radical (unpaired) electrons. The predicted molar refractivity (Wildman–Crippen MR) is 116 cm³/mol. The first kappa shape index (κ1) is 21.4. The summed E-state index contributed by atoms with van der Waals surface area (Å²) in [5.74, 6) is 0.936. The predicted octanol–water partition coefficient (Wildman–Crippen LogP) is 3.46. The van der Waals surface area contributed by atoms with E-state index >= 15 is 0 Å². The van der Waals surface area contributed by atoms with Gasteiger partial charge in [0, 0.05) is 18.8 Å². The summed E-state index contributed by atoms with van der Waals surface area (Å²) in [5.41, 5.74) is 0.454. The quantitative estimate of drug-likeness (QED) is 0.555.